The van der Waals surface area contributed by atoms with Gasteiger partial charge in [-0.3, -0.25) is 19.3 Å². The minimum absolute atomic E-state index is 0.0170. The van der Waals surface area contributed by atoms with Crippen molar-refractivity contribution in [2.45, 2.75) is 36.0 Å². The molecule has 3 fully saturated rings. The van der Waals surface area contributed by atoms with Gasteiger partial charge in [0.1, 0.15) is 0 Å². The summed E-state index contributed by atoms with van der Waals surface area (Å²) in [6.45, 7) is 4.41. The fraction of sp³-hybridized carbons (Fsp3) is 0.476. The van der Waals surface area contributed by atoms with Crippen molar-refractivity contribution in [1.29, 1.82) is 0 Å². The topological polar surface area (TPSA) is 70.2 Å². The number of carbonyl (C=O) groups is 2. The van der Waals surface area contributed by atoms with Crippen molar-refractivity contribution in [3.8, 4) is 0 Å². The Morgan fingerprint density at radius 2 is 1.72 bits per heavy atom. The number of anilines is 1. The van der Waals surface area contributed by atoms with Crippen molar-refractivity contribution in [3.63, 3.8) is 0 Å². The first-order valence-corrected chi connectivity index (χ1v) is 12.3. The second-order valence-electron chi connectivity index (χ2n) is 9.11. The molecule has 2 aromatic rings. The number of aromatic amines is 1. The third-order valence-electron chi connectivity index (χ3n) is 7.48. The maximum atomic E-state index is 13.4. The lowest BCUT2D eigenvalue weighted by Gasteiger charge is -2.47. The fourth-order valence-corrected chi connectivity index (χ4v) is 9.92. The third-order valence-corrected chi connectivity index (χ3v) is 10.8. The van der Waals surface area contributed by atoms with E-state index in [1.54, 1.807) is 11.8 Å². The standard InChI is InChI=1S/C21H19BrN2O3S2/c1-21(2)14-10-7-11(15(14)28-17-16(21)29-20(27)23-17)13-12(10)18(25)24(19(13)26)9-5-3-8(22)4-6-9/h3-6,10-15H,7H2,1-2H3,(H,23,27)/t10-,11+,12-,13-,14+,15+/m0/s1. The van der Waals surface area contributed by atoms with Gasteiger partial charge in [-0.2, -0.15) is 0 Å². The van der Waals surface area contributed by atoms with E-state index in [1.165, 1.54) is 16.2 Å². The Morgan fingerprint density at radius 3 is 2.41 bits per heavy atom. The summed E-state index contributed by atoms with van der Waals surface area (Å²) in [5.74, 6) is 0.146. The van der Waals surface area contributed by atoms with Gasteiger partial charge in [0.05, 0.1) is 22.5 Å². The number of rotatable bonds is 1. The van der Waals surface area contributed by atoms with Crippen LogP contribution in [0.2, 0.25) is 0 Å². The molecule has 2 aliphatic heterocycles. The van der Waals surface area contributed by atoms with Crippen molar-refractivity contribution >= 4 is 56.5 Å². The van der Waals surface area contributed by atoms with Gasteiger partial charge >= 0.3 is 4.87 Å². The van der Waals surface area contributed by atoms with Crippen LogP contribution in [0.3, 0.4) is 0 Å². The zero-order valence-corrected chi connectivity index (χ0v) is 19.1. The molecule has 5 nitrogen and oxygen atoms in total. The van der Waals surface area contributed by atoms with Crippen LogP contribution in [0, 0.1) is 29.6 Å². The van der Waals surface area contributed by atoms with Crippen LogP contribution in [0.5, 0.6) is 0 Å². The number of benzene rings is 1. The lowest BCUT2D eigenvalue weighted by atomic mass is 9.64. The minimum atomic E-state index is -0.229. The normalized spacial score (nSPS) is 36.3. The number of nitrogens with zero attached hydrogens (tertiary/aromatic N) is 1. The molecular weight excluding hydrogens is 472 g/mol. The highest BCUT2D eigenvalue weighted by Crippen LogP contribution is 2.69. The first-order valence-electron chi connectivity index (χ1n) is 9.82. The summed E-state index contributed by atoms with van der Waals surface area (Å²) in [5.41, 5.74) is 0.490. The van der Waals surface area contributed by atoms with Gasteiger partial charge < -0.3 is 4.98 Å². The summed E-state index contributed by atoms with van der Waals surface area (Å²) in [6, 6.07) is 7.39. The molecule has 1 saturated heterocycles. The van der Waals surface area contributed by atoms with Crippen molar-refractivity contribution in [1.82, 2.24) is 4.98 Å². The summed E-state index contributed by atoms with van der Waals surface area (Å²) in [5, 5.41) is 1.24. The predicted octanol–water partition coefficient (Wildman–Crippen LogP) is 4.02. The highest BCUT2D eigenvalue weighted by Gasteiger charge is 2.70. The number of hydrogen-bond donors (Lipinski definition) is 1. The Morgan fingerprint density at radius 1 is 1.07 bits per heavy atom. The van der Waals surface area contributed by atoms with Gasteiger partial charge in [0, 0.05) is 20.0 Å². The molecule has 4 aliphatic rings. The fourth-order valence-electron chi connectivity index (χ4n) is 6.50. The molecule has 3 heterocycles. The van der Waals surface area contributed by atoms with Crippen LogP contribution in [0.1, 0.15) is 25.1 Å². The molecule has 0 unspecified atom stereocenters. The largest absolute Gasteiger partial charge is 0.307 e. The first kappa shape index (κ1) is 18.4. The maximum absolute atomic E-state index is 13.4. The maximum Gasteiger partial charge on any atom is 0.305 e. The van der Waals surface area contributed by atoms with E-state index in [0.717, 1.165) is 20.8 Å². The molecule has 6 atom stereocenters. The van der Waals surface area contributed by atoms with E-state index < -0.39 is 0 Å². The van der Waals surface area contributed by atoms with Crippen molar-refractivity contribution in [2.24, 2.45) is 29.6 Å². The Hall–Kier alpha value is -1.38. The van der Waals surface area contributed by atoms with Crippen LogP contribution >= 0.6 is 39.0 Å². The van der Waals surface area contributed by atoms with Crippen LogP contribution in [-0.2, 0) is 15.0 Å². The summed E-state index contributed by atoms with van der Waals surface area (Å²) < 4.78 is 0.921. The van der Waals surface area contributed by atoms with Crippen LogP contribution in [-0.4, -0.2) is 22.0 Å². The molecule has 150 valence electrons. The van der Waals surface area contributed by atoms with Crippen molar-refractivity contribution in [3.05, 3.63) is 43.3 Å². The number of aromatic nitrogens is 1. The SMILES string of the molecule is CC1(C)c2sc(=O)[nH]c2S[C@@H]2[C@@H]3C[C@@H]([C@@H]4C(=O)N(c5ccc(Br)cc5)C(=O)[C@@H]34)[C@H]21. The first-order chi connectivity index (χ1) is 13.8. The van der Waals surface area contributed by atoms with E-state index in [2.05, 4.69) is 34.8 Å². The van der Waals surface area contributed by atoms with Crippen LogP contribution in [0.4, 0.5) is 5.69 Å². The van der Waals surface area contributed by atoms with Crippen LogP contribution < -0.4 is 9.77 Å². The van der Waals surface area contributed by atoms with E-state index >= 15 is 0 Å². The number of amides is 2. The Kier molecular flexibility index (Phi) is 3.71. The van der Waals surface area contributed by atoms with E-state index in [-0.39, 0.29) is 51.0 Å². The predicted molar refractivity (Wildman–Crippen MR) is 116 cm³/mol. The number of carbonyl (C=O) groups excluding carboxylic acids is 2. The molecule has 1 aromatic heterocycles. The smallest absolute Gasteiger partial charge is 0.305 e. The molecular formula is C21H19BrN2O3S2. The average Bonchev–Trinajstić information content (AvgIpc) is 3.38. The van der Waals surface area contributed by atoms with E-state index in [4.69, 9.17) is 0 Å². The van der Waals surface area contributed by atoms with Crippen LogP contribution in [0.25, 0.3) is 0 Å². The Balaban J connectivity index is 1.42. The molecule has 6 rings (SSSR count). The van der Waals surface area contributed by atoms with Gasteiger partial charge in [-0.1, -0.05) is 41.1 Å². The second-order valence-corrected chi connectivity index (χ2v) is 12.2. The highest BCUT2D eigenvalue weighted by atomic mass is 79.9. The van der Waals surface area contributed by atoms with Gasteiger partial charge in [-0.05, 0) is 48.4 Å². The van der Waals surface area contributed by atoms with Crippen LogP contribution in [0.15, 0.2) is 38.6 Å². The number of fused-ring (bicyclic) bond motifs is 9. The number of imide groups is 1. The number of thiazole rings is 1. The number of halogens is 1. The molecule has 2 aliphatic carbocycles. The Labute approximate surface area is 184 Å². The summed E-state index contributed by atoms with van der Waals surface area (Å²) in [7, 11) is 0. The molecule has 2 bridgehead atoms. The van der Waals surface area contributed by atoms with Gasteiger partial charge in [0.25, 0.3) is 0 Å². The van der Waals surface area contributed by atoms with Gasteiger partial charge in [-0.15, -0.1) is 11.8 Å². The monoisotopic (exact) mass is 490 g/mol. The Bertz CT molecular complexity index is 1120. The zero-order chi connectivity index (χ0) is 20.2. The summed E-state index contributed by atoms with van der Waals surface area (Å²) in [6.07, 6.45) is 0.936. The van der Waals surface area contributed by atoms with E-state index in [0.29, 0.717) is 11.6 Å². The average molecular weight is 491 g/mol. The number of nitrogens with one attached hydrogen (secondary N) is 1. The lowest BCUT2D eigenvalue weighted by molar-refractivity contribution is -0.123. The summed E-state index contributed by atoms with van der Waals surface area (Å²) >= 11 is 6.45. The molecule has 1 aromatic carbocycles. The van der Waals surface area contributed by atoms with E-state index in [9.17, 15) is 14.4 Å². The number of H-pyrrole nitrogens is 1. The van der Waals surface area contributed by atoms with E-state index in [1.807, 2.05) is 24.3 Å². The summed E-state index contributed by atoms with van der Waals surface area (Å²) in [4.78, 5) is 44.3. The molecule has 0 spiro atoms. The quantitative estimate of drug-likeness (QED) is 0.612. The highest BCUT2D eigenvalue weighted by molar-refractivity contribution is 9.10. The minimum Gasteiger partial charge on any atom is -0.307 e. The molecule has 2 amide bonds. The lowest BCUT2D eigenvalue weighted by Crippen LogP contribution is -2.48. The van der Waals surface area contributed by atoms with Gasteiger partial charge in [0.2, 0.25) is 11.8 Å². The number of thioether (sulfide) groups is 1. The van der Waals surface area contributed by atoms with Gasteiger partial charge in [-0.25, -0.2) is 0 Å². The second kappa shape index (κ2) is 5.86. The number of hydrogen-bond acceptors (Lipinski definition) is 5. The van der Waals surface area contributed by atoms with Gasteiger partial charge in [0.15, 0.2) is 0 Å². The molecule has 1 N–H and O–H groups in total. The molecule has 8 heteroatoms. The zero-order valence-electron chi connectivity index (χ0n) is 15.8. The molecule has 2 saturated carbocycles. The van der Waals surface area contributed by atoms with Crippen molar-refractivity contribution < 1.29 is 9.59 Å². The molecule has 0 radical (unpaired) electrons. The van der Waals surface area contributed by atoms with Crippen molar-refractivity contribution in [2.75, 3.05) is 4.90 Å². The molecule has 29 heavy (non-hydrogen) atoms. The third kappa shape index (κ3) is 2.25.